The van der Waals surface area contributed by atoms with Crippen LogP contribution < -0.4 is 20.7 Å². The van der Waals surface area contributed by atoms with Gasteiger partial charge in [0.1, 0.15) is 29.7 Å². The van der Waals surface area contributed by atoms with E-state index in [1.165, 1.54) is 17.0 Å². The fourth-order valence-corrected chi connectivity index (χ4v) is 6.41. The van der Waals surface area contributed by atoms with Crippen LogP contribution in [0.4, 0.5) is 10.1 Å². The molecule has 1 aromatic carbocycles. The van der Waals surface area contributed by atoms with E-state index in [9.17, 15) is 28.8 Å². The number of rotatable bonds is 8. The van der Waals surface area contributed by atoms with Crippen LogP contribution in [0.2, 0.25) is 0 Å². The van der Waals surface area contributed by atoms with Crippen LogP contribution >= 0.6 is 0 Å². The molecule has 7 atom stereocenters. The zero-order chi connectivity index (χ0) is 29.6. The summed E-state index contributed by atoms with van der Waals surface area (Å²) in [7, 11) is 0. The van der Waals surface area contributed by atoms with Crippen LogP contribution in [0, 0.1) is 46.2 Å². The van der Waals surface area contributed by atoms with Gasteiger partial charge in [0, 0.05) is 25.6 Å². The lowest BCUT2D eigenvalue weighted by atomic mass is 9.96. The fraction of sp³-hybridized carbons (Fsp3) is 0.621. The summed E-state index contributed by atoms with van der Waals surface area (Å²) < 4.78 is 24.5. The highest BCUT2D eigenvalue weighted by Gasteiger charge is 2.69. The lowest BCUT2D eigenvalue weighted by Crippen LogP contribution is -2.58. The van der Waals surface area contributed by atoms with Crippen molar-refractivity contribution in [2.75, 3.05) is 25.1 Å². The number of nitrogens with zero attached hydrogens (tertiary/aromatic N) is 2. The van der Waals surface area contributed by atoms with Crippen molar-refractivity contribution in [2.24, 2.45) is 29.1 Å². The van der Waals surface area contributed by atoms with Gasteiger partial charge < -0.3 is 30.3 Å². The number of likely N-dealkylation sites (tertiary alicyclic amines) is 1. The monoisotopic (exact) mass is 569 g/mol. The molecule has 0 spiro atoms. The molecule has 3 N–H and O–H groups in total. The first kappa shape index (κ1) is 28.8. The van der Waals surface area contributed by atoms with Crippen molar-refractivity contribution in [3.05, 3.63) is 24.0 Å². The number of hydrogen-bond acceptors (Lipinski definition) is 7. The summed E-state index contributed by atoms with van der Waals surface area (Å²) in [5.41, 5.74) is 0.0301. The molecule has 11 nitrogen and oxygen atoms in total. The Bertz CT molecular complexity index is 1290. The van der Waals surface area contributed by atoms with Crippen LogP contribution in [0.1, 0.15) is 40.5 Å². The highest BCUT2D eigenvalue weighted by molar-refractivity contribution is 5.98. The summed E-state index contributed by atoms with van der Waals surface area (Å²) in [4.78, 5) is 54.5. The van der Waals surface area contributed by atoms with Crippen molar-refractivity contribution in [3.8, 4) is 11.8 Å². The minimum atomic E-state index is -1.08. The number of ether oxygens (including phenoxy) is 2. The molecule has 3 aliphatic heterocycles. The summed E-state index contributed by atoms with van der Waals surface area (Å²) in [6.45, 7) is 8.99. The molecule has 0 bridgehead atoms. The van der Waals surface area contributed by atoms with Gasteiger partial charge >= 0.3 is 0 Å². The molecule has 12 heteroatoms. The van der Waals surface area contributed by atoms with Crippen LogP contribution in [0.15, 0.2) is 18.2 Å². The molecule has 5 rings (SSSR count). The molecular weight excluding hydrogens is 533 g/mol. The van der Waals surface area contributed by atoms with Crippen LogP contribution in [-0.4, -0.2) is 72.5 Å². The maximum atomic E-state index is 13.8. The van der Waals surface area contributed by atoms with Crippen LogP contribution in [0.3, 0.4) is 0 Å². The zero-order valence-corrected chi connectivity index (χ0v) is 23.6. The molecule has 1 saturated carbocycles. The molecule has 0 aromatic heterocycles. The number of amides is 4. The van der Waals surface area contributed by atoms with Gasteiger partial charge in [-0.05, 0) is 41.7 Å². The molecule has 1 aromatic rings. The number of nitriles is 1. The van der Waals surface area contributed by atoms with E-state index >= 15 is 0 Å². The number of piperidine rings is 1. The predicted molar refractivity (Wildman–Crippen MR) is 144 cm³/mol. The first-order chi connectivity index (χ1) is 19.4. The highest BCUT2D eigenvalue weighted by atomic mass is 19.1. The molecule has 4 aliphatic rings. The summed E-state index contributed by atoms with van der Waals surface area (Å²) in [6, 6.07) is 3.04. The van der Waals surface area contributed by atoms with Crippen molar-refractivity contribution in [2.45, 2.75) is 64.8 Å². The van der Waals surface area contributed by atoms with Gasteiger partial charge in [-0.3, -0.25) is 19.2 Å². The normalized spacial score (nSPS) is 28.9. The SMILES string of the molecule is CC(C)C(NC(=O)C1CCOC1)C(=O)N1C[C@H]2[C@@H]([C@H]1C(=O)NC(C#N)C[C@@H]1Oc3ccc(F)cc3NC1=O)C2(C)C. The first-order valence-electron chi connectivity index (χ1n) is 14.1. The smallest absolute Gasteiger partial charge is 0.265 e. The molecule has 2 saturated heterocycles. The number of fused-ring (bicyclic) bond motifs is 2. The van der Waals surface area contributed by atoms with E-state index in [-0.39, 0.29) is 58.8 Å². The van der Waals surface area contributed by atoms with E-state index in [1.54, 1.807) is 0 Å². The predicted octanol–water partition coefficient (Wildman–Crippen LogP) is 1.58. The van der Waals surface area contributed by atoms with Gasteiger partial charge in [0.25, 0.3) is 5.91 Å². The van der Waals surface area contributed by atoms with Crippen molar-refractivity contribution in [1.82, 2.24) is 15.5 Å². The second-order valence-corrected chi connectivity index (χ2v) is 12.3. The second kappa shape index (κ2) is 10.9. The standard InChI is InChI=1S/C29H36FN5O6/c1-14(2)23(34-25(36)15-7-8-40-13-15)28(39)35-12-18-22(29(18,3)4)24(35)27(38)32-17(11-31)10-21-26(37)33-19-9-16(30)5-6-20(19)41-21/h5-6,9,14-15,17-18,21-24H,7-8,10,12-13H2,1-4H3,(H,32,38)(H,33,37)(H,34,36)/t15?,17?,18-,21-,22-,23?,24-/m0/s1. The third kappa shape index (κ3) is 5.47. The second-order valence-electron chi connectivity index (χ2n) is 12.3. The van der Waals surface area contributed by atoms with E-state index in [2.05, 4.69) is 29.8 Å². The minimum absolute atomic E-state index is 0.103. The maximum absolute atomic E-state index is 13.8. The number of anilines is 1. The van der Waals surface area contributed by atoms with E-state index in [0.29, 0.717) is 26.2 Å². The molecular formula is C29H36FN5O6. The fourth-order valence-electron chi connectivity index (χ4n) is 6.41. The van der Waals surface area contributed by atoms with Gasteiger partial charge in [0.15, 0.2) is 6.10 Å². The number of carbonyl (C=O) groups is 4. The summed E-state index contributed by atoms with van der Waals surface area (Å²) >= 11 is 0. The highest BCUT2D eigenvalue weighted by Crippen LogP contribution is 2.65. The van der Waals surface area contributed by atoms with E-state index < -0.39 is 41.9 Å². The third-order valence-corrected chi connectivity index (χ3v) is 8.97. The lowest BCUT2D eigenvalue weighted by Gasteiger charge is -2.35. The van der Waals surface area contributed by atoms with Crippen LogP contribution in [0.25, 0.3) is 0 Å². The minimum Gasteiger partial charge on any atom is -0.478 e. The molecule has 0 radical (unpaired) electrons. The number of hydrogen-bond donors (Lipinski definition) is 3. The lowest BCUT2D eigenvalue weighted by molar-refractivity contribution is -0.144. The van der Waals surface area contributed by atoms with E-state index in [1.807, 2.05) is 19.9 Å². The van der Waals surface area contributed by atoms with Gasteiger partial charge in [0.2, 0.25) is 17.7 Å². The maximum Gasteiger partial charge on any atom is 0.265 e. The van der Waals surface area contributed by atoms with Crippen LogP contribution in [0.5, 0.6) is 5.75 Å². The van der Waals surface area contributed by atoms with Gasteiger partial charge in [-0.25, -0.2) is 4.39 Å². The van der Waals surface area contributed by atoms with Gasteiger partial charge in [-0.2, -0.15) is 5.26 Å². The molecule has 1 aliphatic carbocycles. The van der Waals surface area contributed by atoms with Gasteiger partial charge in [-0.1, -0.05) is 27.7 Å². The van der Waals surface area contributed by atoms with Crippen molar-refractivity contribution in [3.63, 3.8) is 0 Å². The van der Waals surface area contributed by atoms with Crippen molar-refractivity contribution >= 4 is 29.3 Å². The molecule has 3 heterocycles. The summed E-state index contributed by atoms with van der Waals surface area (Å²) in [5, 5.41) is 18.0. The van der Waals surface area contributed by atoms with Crippen LogP contribution in [-0.2, 0) is 23.9 Å². The van der Waals surface area contributed by atoms with Gasteiger partial charge in [0.05, 0.1) is 24.3 Å². The quantitative estimate of drug-likeness (QED) is 0.430. The zero-order valence-electron chi connectivity index (χ0n) is 23.6. The molecule has 3 fully saturated rings. The number of nitrogens with one attached hydrogen (secondary N) is 3. The average molecular weight is 570 g/mol. The number of benzene rings is 1. The molecule has 3 unspecified atom stereocenters. The summed E-state index contributed by atoms with van der Waals surface area (Å²) in [6.07, 6.45) is -0.625. The topological polar surface area (TPSA) is 150 Å². The van der Waals surface area contributed by atoms with Gasteiger partial charge in [-0.15, -0.1) is 0 Å². The molecule has 41 heavy (non-hydrogen) atoms. The Morgan fingerprint density at radius 2 is 2.00 bits per heavy atom. The average Bonchev–Trinajstić information content (AvgIpc) is 3.37. The first-order valence-corrected chi connectivity index (χ1v) is 14.1. The van der Waals surface area contributed by atoms with Crippen molar-refractivity contribution < 1.29 is 33.0 Å². The largest absolute Gasteiger partial charge is 0.478 e. The van der Waals surface area contributed by atoms with Crippen molar-refractivity contribution in [1.29, 1.82) is 5.26 Å². The Morgan fingerprint density at radius 3 is 2.66 bits per heavy atom. The number of halogens is 1. The third-order valence-electron chi connectivity index (χ3n) is 8.97. The Balaban J connectivity index is 1.28. The molecule has 220 valence electrons. The van der Waals surface area contributed by atoms with E-state index in [4.69, 9.17) is 9.47 Å². The van der Waals surface area contributed by atoms with E-state index in [0.717, 1.165) is 6.07 Å². The Kier molecular flexibility index (Phi) is 7.68. The Hall–Kier alpha value is -3.72. The number of carbonyl (C=O) groups excluding carboxylic acids is 4. The Morgan fingerprint density at radius 1 is 1.24 bits per heavy atom. The summed E-state index contributed by atoms with van der Waals surface area (Å²) in [5.74, 6) is -2.39. The Labute approximate surface area is 238 Å². The molecule has 4 amide bonds.